The fourth-order valence-electron chi connectivity index (χ4n) is 6.99. The van der Waals surface area contributed by atoms with E-state index in [1.807, 2.05) is 6.08 Å². The van der Waals surface area contributed by atoms with Gasteiger partial charge in [-0.05, 0) is 38.5 Å². The second-order valence-electron chi connectivity index (χ2n) is 16.1. The fraction of sp³-hybridized carbons (Fsp3) is 0.841. The van der Waals surface area contributed by atoms with Gasteiger partial charge in [-0.25, -0.2) is 4.57 Å². The Kier molecular flexibility index (Phi) is 32.1. The lowest BCUT2D eigenvalue weighted by Gasteiger charge is -2.41. The van der Waals surface area contributed by atoms with Crippen molar-refractivity contribution in [3.8, 4) is 0 Å². The van der Waals surface area contributed by atoms with E-state index in [1.165, 1.54) is 89.5 Å². The minimum Gasteiger partial charge on any atom is -0.393 e. The van der Waals surface area contributed by atoms with Crippen LogP contribution in [0.1, 0.15) is 174 Å². The highest BCUT2D eigenvalue weighted by molar-refractivity contribution is 7.47. The van der Waals surface area contributed by atoms with Crippen molar-refractivity contribution < 1.29 is 59.0 Å². The molecule has 14 heteroatoms. The number of hydrogen-bond acceptors (Lipinski definition) is 11. The number of carbonyl (C=O) groups is 1. The normalized spacial score (nSPS) is 24.1. The predicted molar refractivity (Wildman–Crippen MR) is 229 cm³/mol. The van der Waals surface area contributed by atoms with Gasteiger partial charge in [0.25, 0.3) is 0 Å². The summed E-state index contributed by atoms with van der Waals surface area (Å²) in [7, 11) is -5.15. The molecule has 340 valence electrons. The Morgan fingerprint density at radius 2 is 1.02 bits per heavy atom. The highest BCUT2D eigenvalue weighted by atomic mass is 31.2. The van der Waals surface area contributed by atoms with E-state index in [4.69, 9.17) is 9.05 Å². The van der Waals surface area contributed by atoms with Gasteiger partial charge >= 0.3 is 7.82 Å². The average molecular weight is 848 g/mol. The zero-order valence-electron chi connectivity index (χ0n) is 35.7. The van der Waals surface area contributed by atoms with Crippen molar-refractivity contribution in [3.05, 3.63) is 36.5 Å². The van der Waals surface area contributed by atoms with Gasteiger partial charge in [0.2, 0.25) is 5.91 Å². The fourth-order valence-corrected chi connectivity index (χ4v) is 7.95. The van der Waals surface area contributed by atoms with Gasteiger partial charge in [0.05, 0.1) is 31.3 Å². The second kappa shape index (κ2) is 34.1. The van der Waals surface area contributed by atoms with Gasteiger partial charge in [0.15, 0.2) is 0 Å². The van der Waals surface area contributed by atoms with Crippen molar-refractivity contribution in [2.24, 2.45) is 0 Å². The van der Waals surface area contributed by atoms with Crippen LogP contribution in [-0.4, -0.2) is 108 Å². The molecule has 0 spiro atoms. The largest absolute Gasteiger partial charge is 0.472 e. The van der Waals surface area contributed by atoms with Crippen LogP contribution >= 0.6 is 7.82 Å². The van der Waals surface area contributed by atoms with Crippen LogP contribution in [0.15, 0.2) is 36.5 Å². The highest BCUT2D eigenvalue weighted by Crippen LogP contribution is 2.47. The smallest absolute Gasteiger partial charge is 0.393 e. The number of rotatable bonds is 36. The molecule has 13 nitrogen and oxygen atoms in total. The van der Waals surface area contributed by atoms with Gasteiger partial charge < -0.3 is 46.0 Å². The predicted octanol–water partition coefficient (Wildman–Crippen LogP) is 6.97. The van der Waals surface area contributed by atoms with Crippen molar-refractivity contribution in [2.75, 3.05) is 6.61 Å². The van der Waals surface area contributed by atoms with E-state index >= 15 is 0 Å². The lowest BCUT2D eigenvalue weighted by molar-refractivity contribution is -0.220. The molecule has 0 bridgehead atoms. The van der Waals surface area contributed by atoms with E-state index in [1.54, 1.807) is 6.08 Å². The molecule has 1 aliphatic carbocycles. The number of hydrogen-bond donors (Lipinski definition) is 9. The summed E-state index contributed by atoms with van der Waals surface area (Å²) < 4.78 is 22.8. The third-order valence-corrected chi connectivity index (χ3v) is 11.7. The summed E-state index contributed by atoms with van der Waals surface area (Å²) in [6.07, 6.45) is 24.0. The number of unbranched alkanes of at least 4 members (excludes halogenated alkanes) is 19. The number of aliphatic hydroxyl groups excluding tert-OH is 7. The van der Waals surface area contributed by atoms with Crippen LogP contribution in [0.5, 0.6) is 0 Å². The van der Waals surface area contributed by atoms with Gasteiger partial charge in [-0.2, -0.15) is 0 Å². The standard InChI is InChI=1S/C44H82NO12P/c1-3-5-7-9-11-13-15-16-17-18-19-20-22-23-25-27-29-31-35(46)33-38(48)45-36(37(47)32-30-28-26-24-21-14-12-10-8-6-4-2)34-56-58(54,55)57-44-42(52)40(50)39(49)41(51)43(44)53/h8,10,21,24,30,32,35-37,39-44,46-47,49-53H,3-7,9,11-20,22-23,25-29,31,33-34H2,1-2H3,(H,45,48)(H,54,55)/b10-8+,24-21+,32-30+. The van der Waals surface area contributed by atoms with Gasteiger partial charge in [-0.1, -0.05) is 166 Å². The van der Waals surface area contributed by atoms with E-state index in [0.717, 1.165) is 51.4 Å². The molecule has 0 aromatic rings. The Balaban J connectivity index is 2.54. The summed E-state index contributed by atoms with van der Waals surface area (Å²) in [5, 5.41) is 74.2. The third-order valence-electron chi connectivity index (χ3n) is 10.7. The molecule has 0 aromatic carbocycles. The lowest BCUT2D eigenvalue weighted by atomic mass is 9.85. The number of amides is 1. The minimum absolute atomic E-state index is 0.254. The Morgan fingerprint density at radius 1 is 0.603 bits per heavy atom. The van der Waals surface area contributed by atoms with Crippen LogP contribution < -0.4 is 5.32 Å². The quantitative estimate of drug-likeness (QED) is 0.0177. The molecule has 1 amide bonds. The third kappa shape index (κ3) is 26.0. The van der Waals surface area contributed by atoms with Gasteiger partial charge in [0.1, 0.15) is 36.6 Å². The molecule has 0 aromatic heterocycles. The van der Waals surface area contributed by atoms with E-state index in [0.29, 0.717) is 19.3 Å². The minimum atomic E-state index is -5.15. The monoisotopic (exact) mass is 848 g/mol. The zero-order chi connectivity index (χ0) is 43.0. The molecular weight excluding hydrogens is 765 g/mol. The Hall–Kier alpha value is -1.48. The maximum absolute atomic E-state index is 13.0. The van der Waals surface area contributed by atoms with Crippen molar-refractivity contribution in [2.45, 2.75) is 229 Å². The summed E-state index contributed by atoms with van der Waals surface area (Å²) in [5.74, 6) is -0.608. The molecule has 9 N–H and O–H groups in total. The maximum atomic E-state index is 13.0. The molecule has 0 aliphatic heterocycles. The van der Waals surface area contributed by atoms with Crippen LogP contribution in [0.4, 0.5) is 0 Å². The summed E-state index contributed by atoms with van der Waals surface area (Å²) in [4.78, 5) is 23.4. The molecule has 58 heavy (non-hydrogen) atoms. The first-order valence-electron chi connectivity index (χ1n) is 22.5. The topological polar surface area (TPSA) is 226 Å². The van der Waals surface area contributed by atoms with Crippen molar-refractivity contribution in [1.82, 2.24) is 5.32 Å². The van der Waals surface area contributed by atoms with Crippen LogP contribution in [0.25, 0.3) is 0 Å². The molecule has 0 radical (unpaired) electrons. The number of carbonyl (C=O) groups excluding carboxylic acids is 1. The molecule has 1 aliphatic rings. The van der Waals surface area contributed by atoms with E-state index < -0.39 is 75.2 Å². The van der Waals surface area contributed by atoms with Crippen molar-refractivity contribution in [1.29, 1.82) is 0 Å². The number of aliphatic hydroxyl groups is 7. The zero-order valence-corrected chi connectivity index (χ0v) is 36.6. The first-order chi connectivity index (χ1) is 27.8. The molecule has 0 heterocycles. The van der Waals surface area contributed by atoms with E-state index in [-0.39, 0.29) is 6.42 Å². The Morgan fingerprint density at radius 3 is 1.48 bits per heavy atom. The summed E-state index contributed by atoms with van der Waals surface area (Å²) in [5.41, 5.74) is 0. The van der Waals surface area contributed by atoms with Crippen LogP contribution in [0.3, 0.4) is 0 Å². The first kappa shape index (κ1) is 54.5. The van der Waals surface area contributed by atoms with Gasteiger partial charge in [-0.15, -0.1) is 0 Å². The lowest BCUT2D eigenvalue weighted by Crippen LogP contribution is -2.64. The maximum Gasteiger partial charge on any atom is 0.472 e. The summed E-state index contributed by atoms with van der Waals surface area (Å²) in [6, 6.07) is -1.26. The molecule has 1 fully saturated rings. The molecule has 8 unspecified atom stereocenters. The van der Waals surface area contributed by atoms with Crippen LogP contribution in [-0.2, 0) is 18.4 Å². The van der Waals surface area contributed by atoms with E-state index in [9.17, 15) is 50.0 Å². The number of phosphoric ester groups is 1. The number of allylic oxidation sites excluding steroid dienone is 5. The average Bonchev–Trinajstić information content (AvgIpc) is 3.19. The number of phosphoric acid groups is 1. The Bertz CT molecular complexity index is 1140. The van der Waals surface area contributed by atoms with Gasteiger partial charge in [-0.3, -0.25) is 13.8 Å². The SMILES string of the molecule is CCC/C=C/CC/C=C/CC/C=C/C(O)C(COP(=O)(O)OC1C(O)C(O)C(O)C(O)C1O)NC(=O)CC(O)CCCCCCCCCCCCCCCCCCC. The molecular formula is C44H82NO12P. The van der Waals surface area contributed by atoms with Crippen molar-refractivity contribution in [3.63, 3.8) is 0 Å². The second-order valence-corrected chi connectivity index (χ2v) is 17.5. The molecule has 1 saturated carbocycles. The molecule has 0 saturated heterocycles. The van der Waals surface area contributed by atoms with Crippen LogP contribution in [0.2, 0.25) is 0 Å². The highest BCUT2D eigenvalue weighted by Gasteiger charge is 2.51. The Labute approximate surface area is 349 Å². The van der Waals surface area contributed by atoms with Crippen molar-refractivity contribution >= 4 is 13.7 Å². The molecule has 8 atom stereocenters. The van der Waals surface area contributed by atoms with Gasteiger partial charge in [0, 0.05) is 0 Å². The van der Waals surface area contributed by atoms with Crippen LogP contribution in [0, 0.1) is 0 Å². The van der Waals surface area contributed by atoms with E-state index in [2.05, 4.69) is 37.4 Å². The first-order valence-corrected chi connectivity index (χ1v) is 24.0. The summed E-state index contributed by atoms with van der Waals surface area (Å²) in [6.45, 7) is 3.63. The summed E-state index contributed by atoms with van der Waals surface area (Å²) >= 11 is 0. The molecule has 1 rings (SSSR count). The number of nitrogens with one attached hydrogen (secondary N) is 1.